The molecule has 1 heterocycles. The van der Waals surface area contributed by atoms with Crippen LogP contribution >= 0.6 is 0 Å². The summed E-state index contributed by atoms with van der Waals surface area (Å²) in [7, 11) is 0. The van der Waals surface area contributed by atoms with E-state index in [-0.39, 0.29) is 23.8 Å². The van der Waals surface area contributed by atoms with Crippen molar-refractivity contribution < 1.29 is 22.4 Å². The predicted octanol–water partition coefficient (Wildman–Crippen LogP) is 5.86. The van der Waals surface area contributed by atoms with Crippen LogP contribution < -0.4 is 5.32 Å². The molecule has 1 saturated carbocycles. The van der Waals surface area contributed by atoms with Crippen molar-refractivity contribution in [1.82, 2.24) is 15.5 Å². The number of aromatic nitrogens is 2. The minimum absolute atomic E-state index is 0.0801. The summed E-state index contributed by atoms with van der Waals surface area (Å²) in [4.78, 5) is 17.4. The van der Waals surface area contributed by atoms with Crippen LogP contribution in [0.5, 0.6) is 0 Å². The summed E-state index contributed by atoms with van der Waals surface area (Å²) in [6.45, 7) is 1.68. The van der Waals surface area contributed by atoms with Crippen LogP contribution in [0, 0.1) is 12.7 Å². The van der Waals surface area contributed by atoms with Gasteiger partial charge < -0.3 is 5.32 Å². The second-order valence-corrected chi connectivity index (χ2v) is 8.46. The Bertz CT molecular complexity index is 1190. The Labute approximate surface area is 194 Å². The van der Waals surface area contributed by atoms with E-state index in [9.17, 15) is 22.4 Å². The number of carbonyl (C=O) groups is 1. The minimum Gasteiger partial charge on any atom is -0.310 e. The predicted molar refractivity (Wildman–Crippen MR) is 121 cm³/mol. The normalized spacial score (nSPS) is 15.0. The highest BCUT2D eigenvalue weighted by Crippen LogP contribution is 2.29. The molecule has 1 aromatic heterocycles. The number of nitrogens with zero attached hydrogens (tertiary/aromatic N) is 2. The van der Waals surface area contributed by atoms with Crippen molar-refractivity contribution in [1.29, 1.82) is 0 Å². The van der Waals surface area contributed by atoms with Crippen molar-refractivity contribution in [3.63, 3.8) is 0 Å². The molecular formula is C25H24F4N4O. The quantitative estimate of drug-likeness (QED) is 0.278. The van der Waals surface area contributed by atoms with E-state index in [1.807, 2.05) is 0 Å². The van der Waals surface area contributed by atoms with Crippen LogP contribution in [-0.4, -0.2) is 28.0 Å². The lowest BCUT2D eigenvalue weighted by molar-refractivity contribution is -0.137. The topological polar surface area (TPSA) is 70.1 Å². The third-order valence-corrected chi connectivity index (χ3v) is 5.85. The first-order valence-corrected chi connectivity index (χ1v) is 11.0. The van der Waals surface area contributed by atoms with Crippen molar-refractivity contribution >= 4 is 11.7 Å². The summed E-state index contributed by atoms with van der Waals surface area (Å²) in [6, 6.07) is 10.8. The Balaban J connectivity index is 1.52. The molecule has 178 valence electrons. The first-order valence-electron chi connectivity index (χ1n) is 11.0. The molecule has 0 spiro atoms. The number of carbonyl (C=O) groups excluding carboxylic acids is 1. The lowest BCUT2D eigenvalue weighted by Gasteiger charge is -2.12. The number of rotatable bonds is 5. The summed E-state index contributed by atoms with van der Waals surface area (Å²) in [5, 5.41) is 9.90. The zero-order valence-corrected chi connectivity index (χ0v) is 18.5. The fourth-order valence-electron chi connectivity index (χ4n) is 3.92. The lowest BCUT2D eigenvalue weighted by atomic mass is 10.1. The summed E-state index contributed by atoms with van der Waals surface area (Å²) in [6.07, 6.45) is -0.289. The molecule has 3 aromatic rings. The monoisotopic (exact) mass is 472 g/mol. The average Bonchev–Trinajstić information content (AvgIpc) is 3.47. The van der Waals surface area contributed by atoms with Crippen LogP contribution in [0.1, 0.15) is 52.9 Å². The largest absolute Gasteiger partial charge is 0.416 e. The Kier molecular flexibility index (Phi) is 6.81. The highest BCUT2D eigenvalue weighted by Gasteiger charge is 2.30. The minimum atomic E-state index is -4.47. The van der Waals surface area contributed by atoms with E-state index >= 15 is 0 Å². The second-order valence-electron chi connectivity index (χ2n) is 8.46. The summed E-state index contributed by atoms with van der Waals surface area (Å²) >= 11 is 0. The van der Waals surface area contributed by atoms with Crippen LogP contribution in [0.15, 0.2) is 53.5 Å². The van der Waals surface area contributed by atoms with E-state index in [1.54, 1.807) is 25.1 Å². The highest BCUT2D eigenvalue weighted by molar-refractivity contribution is 6.07. The zero-order chi connectivity index (χ0) is 24.3. The van der Waals surface area contributed by atoms with Crippen molar-refractivity contribution in [2.75, 3.05) is 0 Å². The van der Waals surface area contributed by atoms with Gasteiger partial charge in [0, 0.05) is 23.2 Å². The smallest absolute Gasteiger partial charge is 0.310 e. The second kappa shape index (κ2) is 9.79. The molecule has 1 fully saturated rings. The van der Waals surface area contributed by atoms with E-state index in [0.717, 1.165) is 49.9 Å². The summed E-state index contributed by atoms with van der Waals surface area (Å²) in [5.41, 5.74) is 1.67. The average molecular weight is 472 g/mol. The zero-order valence-electron chi connectivity index (χ0n) is 18.5. The molecule has 1 aliphatic carbocycles. The highest BCUT2D eigenvalue weighted by atomic mass is 19.4. The number of alkyl halides is 3. The van der Waals surface area contributed by atoms with Gasteiger partial charge >= 0.3 is 6.18 Å². The van der Waals surface area contributed by atoms with E-state index in [4.69, 9.17) is 4.99 Å². The molecule has 1 aliphatic rings. The van der Waals surface area contributed by atoms with Crippen LogP contribution in [0.4, 0.5) is 17.6 Å². The molecule has 2 aromatic carbocycles. The molecule has 9 heteroatoms. The third-order valence-electron chi connectivity index (χ3n) is 5.85. The molecule has 0 unspecified atom stereocenters. The summed E-state index contributed by atoms with van der Waals surface area (Å²) < 4.78 is 52.4. The number of amidine groups is 1. The maximum absolute atomic E-state index is 13.9. The van der Waals surface area contributed by atoms with Crippen LogP contribution in [0.3, 0.4) is 0 Å². The van der Waals surface area contributed by atoms with Gasteiger partial charge in [0.2, 0.25) is 0 Å². The Morgan fingerprint density at radius 3 is 2.47 bits per heavy atom. The van der Waals surface area contributed by atoms with Crippen LogP contribution in [0.2, 0.25) is 0 Å². The van der Waals surface area contributed by atoms with E-state index < -0.39 is 17.6 Å². The molecule has 0 bridgehead atoms. The van der Waals surface area contributed by atoms with Gasteiger partial charge in [-0.25, -0.2) is 4.39 Å². The summed E-state index contributed by atoms with van der Waals surface area (Å²) in [5.74, 6) is -0.456. The van der Waals surface area contributed by atoms with E-state index in [2.05, 4.69) is 15.5 Å². The maximum Gasteiger partial charge on any atom is 0.416 e. The Morgan fingerprint density at radius 2 is 1.82 bits per heavy atom. The molecule has 34 heavy (non-hydrogen) atoms. The number of aromatic amines is 1. The Hall–Kier alpha value is -3.49. The molecule has 0 atom stereocenters. The van der Waals surface area contributed by atoms with E-state index in [0.29, 0.717) is 28.4 Å². The number of aryl methyl sites for hydroxylation is 1. The number of H-pyrrole nitrogens is 1. The molecular weight excluding hydrogens is 448 g/mol. The van der Waals surface area contributed by atoms with E-state index in [1.165, 1.54) is 6.07 Å². The first kappa shape index (κ1) is 23.7. The molecule has 2 N–H and O–H groups in total. The molecule has 4 rings (SSSR count). The van der Waals surface area contributed by atoms with Crippen LogP contribution in [-0.2, 0) is 12.6 Å². The third kappa shape index (κ3) is 5.70. The standard InChI is InChI=1S/C25H24F4N4O/c1-15-6-7-17(12-21(15)26)22-13-20(32-33-22)14-23(30-19-4-2-3-5-19)31-24(34)16-8-10-18(11-9-16)25(27,28)29/h6-13,19H,2-5,14H2,1H3,(H,32,33)(H,30,31,34). The molecule has 0 radical (unpaired) electrons. The van der Waals surface area contributed by atoms with Gasteiger partial charge in [-0.15, -0.1) is 0 Å². The van der Waals surface area contributed by atoms with Gasteiger partial charge in [0.05, 0.1) is 17.3 Å². The van der Waals surface area contributed by atoms with Crippen molar-refractivity contribution in [2.45, 2.75) is 51.2 Å². The maximum atomic E-state index is 13.9. The SMILES string of the molecule is Cc1ccc(-c2cc(CC(=NC3CCCC3)NC(=O)c3ccc(C(F)(F)F)cc3)[nH]n2)cc1F. The van der Waals surface area contributed by atoms with Crippen molar-refractivity contribution in [2.24, 2.45) is 4.99 Å². The number of amides is 1. The van der Waals surface area contributed by atoms with Crippen LogP contribution in [0.25, 0.3) is 11.3 Å². The Morgan fingerprint density at radius 1 is 1.12 bits per heavy atom. The number of aliphatic imine (C=N–C) groups is 1. The van der Waals surface area contributed by atoms with Crippen molar-refractivity contribution in [3.8, 4) is 11.3 Å². The van der Waals surface area contributed by atoms with Gasteiger partial charge in [-0.1, -0.05) is 25.0 Å². The fourth-order valence-corrected chi connectivity index (χ4v) is 3.92. The van der Waals surface area contributed by atoms with Crippen molar-refractivity contribution in [3.05, 3.63) is 76.7 Å². The number of hydrogen-bond donors (Lipinski definition) is 2. The fraction of sp³-hybridized carbons (Fsp3) is 0.320. The van der Waals surface area contributed by atoms with Gasteiger partial charge in [-0.2, -0.15) is 18.3 Å². The number of nitrogens with one attached hydrogen (secondary N) is 2. The number of benzene rings is 2. The molecule has 5 nitrogen and oxygen atoms in total. The molecule has 1 amide bonds. The number of halogens is 4. The molecule has 0 aliphatic heterocycles. The van der Waals surface area contributed by atoms with Gasteiger partial charge in [-0.3, -0.25) is 14.9 Å². The van der Waals surface area contributed by atoms with Gasteiger partial charge in [0.1, 0.15) is 11.7 Å². The first-order chi connectivity index (χ1) is 16.2. The lowest BCUT2D eigenvalue weighted by Crippen LogP contribution is -2.33. The van der Waals surface area contributed by atoms with Gasteiger partial charge in [0.15, 0.2) is 0 Å². The van der Waals surface area contributed by atoms with Gasteiger partial charge in [-0.05, 0) is 61.7 Å². The van der Waals surface area contributed by atoms with Gasteiger partial charge in [0.25, 0.3) is 5.91 Å². The number of hydrogen-bond acceptors (Lipinski definition) is 3. The molecule has 0 saturated heterocycles.